The first kappa shape index (κ1) is 18.4. The van der Waals surface area contributed by atoms with Crippen molar-refractivity contribution in [2.24, 2.45) is 0 Å². The molecule has 2 aromatic heterocycles. The second-order valence-corrected chi connectivity index (χ2v) is 7.81. The van der Waals surface area contributed by atoms with Crippen LogP contribution in [0.25, 0.3) is 10.6 Å². The van der Waals surface area contributed by atoms with Crippen LogP contribution in [-0.2, 0) is 11.2 Å². The van der Waals surface area contributed by atoms with Gasteiger partial charge in [-0.2, -0.15) is 0 Å². The molecule has 0 unspecified atom stereocenters. The summed E-state index contributed by atoms with van der Waals surface area (Å²) >= 11 is 3.37. The summed E-state index contributed by atoms with van der Waals surface area (Å²) in [6.45, 7) is 2.59. The molecule has 0 aliphatic heterocycles. The van der Waals surface area contributed by atoms with Gasteiger partial charge in [0.25, 0.3) is 5.91 Å². The van der Waals surface area contributed by atoms with Crippen molar-refractivity contribution in [2.45, 2.75) is 13.3 Å². The Balaban J connectivity index is 1.40. The normalized spacial score (nSPS) is 10.5. The topological polar surface area (TPSA) is 60.5 Å². The van der Waals surface area contributed by atoms with Crippen LogP contribution in [0.15, 0.2) is 41.8 Å². The van der Waals surface area contributed by atoms with Gasteiger partial charge >= 0.3 is 0 Å². The summed E-state index contributed by atoms with van der Waals surface area (Å²) in [5.41, 5.74) is 1.03. The van der Waals surface area contributed by atoms with E-state index in [9.17, 15) is 4.79 Å². The molecule has 7 heteroatoms. The maximum absolute atomic E-state index is 11.9. The number of rotatable bonds is 8. The van der Waals surface area contributed by atoms with Gasteiger partial charge in [0.2, 0.25) is 0 Å². The number of carbonyl (C=O) groups excluding carboxylic acids is 1. The van der Waals surface area contributed by atoms with Crippen LogP contribution in [0.2, 0.25) is 0 Å². The summed E-state index contributed by atoms with van der Waals surface area (Å²) in [5, 5.41) is 6.02. The lowest BCUT2D eigenvalue weighted by Crippen LogP contribution is -2.30. The minimum atomic E-state index is -0.132. The molecule has 2 heterocycles. The fraction of sp³-hybridized carbons (Fsp3) is 0.263. The molecular formula is C19H20N2O3S2. The largest absolute Gasteiger partial charge is 0.497 e. The number of hydrogen-bond donors (Lipinski definition) is 1. The van der Waals surface area contributed by atoms with Crippen LogP contribution in [0.5, 0.6) is 11.5 Å². The maximum atomic E-state index is 11.9. The Morgan fingerprint density at radius 3 is 2.62 bits per heavy atom. The SMILES string of the molecule is COc1ccc(OCC(=O)NCCc2ccc(-c3csc(C)n3)s2)cc1. The van der Waals surface area contributed by atoms with E-state index in [1.165, 1.54) is 9.75 Å². The van der Waals surface area contributed by atoms with Crippen molar-refractivity contribution < 1.29 is 14.3 Å². The van der Waals surface area contributed by atoms with Gasteiger partial charge in [0, 0.05) is 16.8 Å². The number of thiazole rings is 1. The Morgan fingerprint density at radius 1 is 1.15 bits per heavy atom. The van der Waals surface area contributed by atoms with E-state index in [-0.39, 0.29) is 12.5 Å². The van der Waals surface area contributed by atoms with Crippen LogP contribution in [0.1, 0.15) is 9.88 Å². The number of aromatic nitrogens is 1. The summed E-state index contributed by atoms with van der Waals surface area (Å²) < 4.78 is 10.5. The lowest BCUT2D eigenvalue weighted by Gasteiger charge is -2.07. The highest BCUT2D eigenvalue weighted by molar-refractivity contribution is 7.16. The summed E-state index contributed by atoms with van der Waals surface area (Å²) in [6, 6.07) is 11.3. The van der Waals surface area contributed by atoms with Gasteiger partial charge in [-0.15, -0.1) is 22.7 Å². The Kier molecular flexibility index (Phi) is 6.25. The van der Waals surface area contributed by atoms with Gasteiger partial charge in [-0.1, -0.05) is 0 Å². The highest BCUT2D eigenvalue weighted by atomic mass is 32.1. The second-order valence-electron chi connectivity index (χ2n) is 5.58. The molecule has 0 atom stereocenters. The van der Waals surface area contributed by atoms with E-state index in [1.54, 1.807) is 54.0 Å². The first-order valence-corrected chi connectivity index (χ1v) is 9.88. The van der Waals surface area contributed by atoms with Crippen LogP contribution in [0, 0.1) is 6.92 Å². The predicted molar refractivity (Wildman–Crippen MR) is 105 cm³/mol. The van der Waals surface area contributed by atoms with Crippen molar-refractivity contribution in [3.8, 4) is 22.1 Å². The number of carbonyl (C=O) groups is 1. The molecule has 1 amide bonds. The molecule has 26 heavy (non-hydrogen) atoms. The fourth-order valence-electron chi connectivity index (χ4n) is 2.32. The Hall–Kier alpha value is -2.38. The van der Waals surface area contributed by atoms with Gasteiger partial charge in [-0.3, -0.25) is 4.79 Å². The second kappa shape index (κ2) is 8.82. The molecule has 0 aliphatic rings. The van der Waals surface area contributed by atoms with Gasteiger partial charge in [-0.25, -0.2) is 4.98 Å². The van der Waals surface area contributed by atoms with Crippen molar-refractivity contribution in [3.05, 3.63) is 51.7 Å². The Labute approximate surface area is 160 Å². The lowest BCUT2D eigenvalue weighted by atomic mass is 10.3. The number of benzene rings is 1. The third kappa shape index (κ3) is 5.06. The molecule has 0 bridgehead atoms. The standard InChI is InChI=1S/C19H20N2O3S2/c1-13-21-17(12-25-13)18-8-7-16(26-18)9-10-20-19(22)11-24-15-5-3-14(23-2)4-6-15/h3-8,12H,9-11H2,1-2H3,(H,20,22). The van der Waals surface area contributed by atoms with E-state index < -0.39 is 0 Å². The number of aryl methyl sites for hydroxylation is 1. The quantitative estimate of drug-likeness (QED) is 0.635. The summed E-state index contributed by atoms with van der Waals surface area (Å²) in [6.07, 6.45) is 0.794. The smallest absolute Gasteiger partial charge is 0.257 e. The van der Waals surface area contributed by atoms with Crippen molar-refractivity contribution in [3.63, 3.8) is 0 Å². The molecule has 3 aromatic rings. The number of hydrogen-bond acceptors (Lipinski definition) is 6. The molecule has 5 nitrogen and oxygen atoms in total. The molecule has 1 aromatic carbocycles. The van der Waals surface area contributed by atoms with Gasteiger partial charge in [0.05, 0.1) is 22.7 Å². The molecule has 0 aliphatic carbocycles. The van der Waals surface area contributed by atoms with Crippen LogP contribution >= 0.6 is 22.7 Å². The molecule has 0 saturated carbocycles. The lowest BCUT2D eigenvalue weighted by molar-refractivity contribution is -0.123. The molecule has 0 fully saturated rings. The van der Waals surface area contributed by atoms with Crippen molar-refractivity contribution in [2.75, 3.05) is 20.3 Å². The fourth-order valence-corrected chi connectivity index (χ4v) is 3.98. The number of ether oxygens (including phenoxy) is 2. The van der Waals surface area contributed by atoms with E-state index in [0.717, 1.165) is 22.9 Å². The monoisotopic (exact) mass is 388 g/mol. The first-order valence-electron chi connectivity index (χ1n) is 8.19. The zero-order valence-electron chi connectivity index (χ0n) is 14.7. The van der Waals surface area contributed by atoms with E-state index >= 15 is 0 Å². The van der Waals surface area contributed by atoms with E-state index in [2.05, 4.69) is 27.8 Å². The summed E-state index contributed by atoms with van der Waals surface area (Å²) in [4.78, 5) is 18.8. The third-order valence-electron chi connectivity index (χ3n) is 3.66. The van der Waals surface area contributed by atoms with E-state index in [4.69, 9.17) is 9.47 Å². The van der Waals surface area contributed by atoms with Crippen molar-refractivity contribution in [1.29, 1.82) is 0 Å². The number of amides is 1. The predicted octanol–water partition coefficient (Wildman–Crippen LogP) is 3.93. The van der Waals surface area contributed by atoms with E-state index in [1.807, 2.05) is 6.92 Å². The van der Waals surface area contributed by atoms with Crippen LogP contribution < -0.4 is 14.8 Å². The molecule has 0 radical (unpaired) electrons. The van der Waals surface area contributed by atoms with Gasteiger partial charge in [0.15, 0.2) is 6.61 Å². The third-order valence-corrected chi connectivity index (χ3v) is 5.60. The Morgan fingerprint density at radius 2 is 1.92 bits per heavy atom. The van der Waals surface area contributed by atoms with Gasteiger partial charge < -0.3 is 14.8 Å². The molecule has 3 rings (SSSR count). The number of thiophene rings is 1. The highest BCUT2D eigenvalue weighted by Crippen LogP contribution is 2.29. The van der Waals surface area contributed by atoms with Gasteiger partial charge in [-0.05, 0) is 49.7 Å². The van der Waals surface area contributed by atoms with Crippen molar-refractivity contribution in [1.82, 2.24) is 10.3 Å². The first-order chi connectivity index (χ1) is 12.6. The molecule has 0 saturated heterocycles. The van der Waals surface area contributed by atoms with Crippen LogP contribution in [-0.4, -0.2) is 31.2 Å². The minimum Gasteiger partial charge on any atom is -0.497 e. The minimum absolute atomic E-state index is 0.000119. The summed E-state index contributed by atoms with van der Waals surface area (Å²) in [7, 11) is 1.61. The summed E-state index contributed by atoms with van der Waals surface area (Å²) in [5.74, 6) is 1.26. The van der Waals surface area contributed by atoms with Crippen LogP contribution in [0.3, 0.4) is 0 Å². The zero-order valence-corrected chi connectivity index (χ0v) is 16.3. The Bertz CT molecular complexity index is 856. The maximum Gasteiger partial charge on any atom is 0.257 e. The average Bonchev–Trinajstić information content (AvgIpc) is 3.29. The van der Waals surface area contributed by atoms with Crippen molar-refractivity contribution >= 4 is 28.6 Å². The molecule has 0 spiro atoms. The molecule has 1 N–H and O–H groups in total. The van der Waals surface area contributed by atoms with Gasteiger partial charge in [0.1, 0.15) is 11.5 Å². The number of nitrogens with zero attached hydrogens (tertiary/aromatic N) is 1. The molecule has 136 valence electrons. The zero-order chi connectivity index (χ0) is 18.4. The molecular weight excluding hydrogens is 368 g/mol. The highest BCUT2D eigenvalue weighted by Gasteiger charge is 2.07. The number of nitrogens with one attached hydrogen (secondary N) is 1. The number of methoxy groups -OCH3 is 1. The van der Waals surface area contributed by atoms with Crippen LogP contribution in [0.4, 0.5) is 0 Å². The average molecular weight is 389 g/mol. The van der Waals surface area contributed by atoms with E-state index in [0.29, 0.717) is 12.3 Å².